The van der Waals surface area contributed by atoms with E-state index in [1.165, 1.54) is 0 Å². The number of likely N-dealkylation sites (N-methyl/N-ethyl adjacent to an activating group) is 1. The van der Waals surface area contributed by atoms with Crippen molar-refractivity contribution in [2.45, 2.75) is 38.1 Å². The van der Waals surface area contributed by atoms with Gasteiger partial charge in [-0.3, -0.25) is 9.69 Å². The normalized spacial score (nSPS) is 16.9. The van der Waals surface area contributed by atoms with Crippen LogP contribution in [0.5, 0.6) is 0 Å². The molecule has 0 spiro atoms. The van der Waals surface area contributed by atoms with E-state index in [0.29, 0.717) is 24.7 Å². The Labute approximate surface area is 107 Å². The fraction of sp³-hybridized carbons (Fsp3) is 0.750. The van der Waals surface area contributed by atoms with Crippen LogP contribution in [0.25, 0.3) is 0 Å². The maximum Gasteiger partial charge on any atom is 0.237 e. The number of nitrogens with zero attached hydrogens (tertiary/aromatic N) is 3. The molecule has 6 nitrogen and oxygen atoms in total. The van der Waals surface area contributed by atoms with Crippen LogP contribution in [0.4, 0.5) is 0 Å². The molecule has 0 bridgehead atoms. The van der Waals surface area contributed by atoms with E-state index in [0.717, 1.165) is 18.7 Å². The largest absolute Gasteiger partial charge is 0.354 e. The minimum Gasteiger partial charge on any atom is -0.354 e. The van der Waals surface area contributed by atoms with Crippen molar-refractivity contribution in [3.8, 4) is 0 Å². The molecule has 0 aromatic carbocycles. The summed E-state index contributed by atoms with van der Waals surface area (Å²) >= 11 is 0. The van der Waals surface area contributed by atoms with Gasteiger partial charge in [-0.25, -0.2) is 0 Å². The summed E-state index contributed by atoms with van der Waals surface area (Å²) in [6.45, 7) is 2.41. The Hall–Kier alpha value is -1.43. The van der Waals surface area contributed by atoms with Gasteiger partial charge in [0, 0.05) is 18.9 Å². The molecule has 1 aromatic heterocycles. The van der Waals surface area contributed by atoms with Crippen LogP contribution in [0.3, 0.4) is 0 Å². The number of amides is 1. The van der Waals surface area contributed by atoms with E-state index in [4.69, 9.17) is 4.52 Å². The molecule has 100 valence electrons. The number of carbonyl (C=O) groups is 1. The van der Waals surface area contributed by atoms with Crippen LogP contribution in [-0.4, -0.2) is 47.6 Å². The molecule has 18 heavy (non-hydrogen) atoms. The Morgan fingerprint density at radius 1 is 1.56 bits per heavy atom. The van der Waals surface area contributed by atoms with E-state index < -0.39 is 0 Å². The van der Waals surface area contributed by atoms with Crippen LogP contribution in [0.2, 0.25) is 0 Å². The Balaban J connectivity index is 1.72. The quantitative estimate of drug-likeness (QED) is 0.801. The second-order valence-electron chi connectivity index (χ2n) is 5.00. The lowest BCUT2D eigenvalue weighted by Crippen LogP contribution is -2.42. The smallest absolute Gasteiger partial charge is 0.237 e. The third-order valence-electron chi connectivity index (χ3n) is 3.21. The lowest BCUT2D eigenvalue weighted by atomic mass is 10.3. The molecule has 2 rings (SSSR count). The molecule has 0 radical (unpaired) electrons. The van der Waals surface area contributed by atoms with E-state index in [9.17, 15) is 4.79 Å². The third kappa shape index (κ3) is 3.29. The third-order valence-corrected chi connectivity index (χ3v) is 3.21. The van der Waals surface area contributed by atoms with Crippen LogP contribution in [-0.2, 0) is 11.2 Å². The standard InChI is InChI=1S/C12H20N4O2/c1-8(16(2)3)11(17)13-7-6-10-14-12(18-15-10)9-4-5-9/h8-9H,4-7H2,1-3H3,(H,13,17)/t8-/m1/s1. The predicted octanol–water partition coefficient (Wildman–Crippen LogP) is 0.556. The lowest BCUT2D eigenvalue weighted by Gasteiger charge is -2.18. The van der Waals surface area contributed by atoms with Gasteiger partial charge in [0.05, 0.1) is 6.04 Å². The number of hydrogen-bond donors (Lipinski definition) is 1. The van der Waals surface area contributed by atoms with Gasteiger partial charge < -0.3 is 9.84 Å². The van der Waals surface area contributed by atoms with E-state index in [1.54, 1.807) is 0 Å². The van der Waals surface area contributed by atoms with E-state index in [-0.39, 0.29) is 11.9 Å². The highest BCUT2D eigenvalue weighted by Gasteiger charge is 2.29. The van der Waals surface area contributed by atoms with Crippen LogP contribution in [0.15, 0.2) is 4.52 Å². The number of aromatic nitrogens is 2. The Kier molecular flexibility index (Phi) is 3.96. The first-order valence-corrected chi connectivity index (χ1v) is 6.34. The highest BCUT2D eigenvalue weighted by molar-refractivity contribution is 5.81. The van der Waals surface area contributed by atoms with Gasteiger partial charge in [-0.15, -0.1) is 0 Å². The fourth-order valence-electron chi connectivity index (χ4n) is 1.54. The summed E-state index contributed by atoms with van der Waals surface area (Å²) in [7, 11) is 3.76. The van der Waals surface area contributed by atoms with Crippen LogP contribution in [0, 0.1) is 0 Å². The molecule has 1 heterocycles. The summed E-state index contributed by atoms with van der Waals surface area (Å²) in [5.74, 6) is 1.92. The summed E-state index contributed by atoms with van der Waals surface area (Å²) < 4.78 is 5.15. The maximum atomic E-state index is 11.7. The summed E-state index contributed by atoms with van der Waals surface area (Å²) in [6, 6.07) is -0.128. The van der Waals surface area contributed by atoms with Gasteiger partial charge >= 0.3 is 0 Å². The minimum absolute atomic E-state index is 0.0194. The summed E-state index contributed by atoms with van der Waals surface area (Å²) in [5.41, 5.74) is 0. The molecule has 1 amide bonds. The van der Waals surface area contributed by atoms with Crippen molar-refractivity contribution in [1.82, 2.24) is 20.4 Å². The zero-order valence-corrected chi connectivity index (χ0v) is 11.1. The molecule has 1 aromatic rings. The Bertz CT molecular complexity index is 412. The summed E-state index contributed by atoms with van der Waals surface area (Å²) in [4.78, 5) is 17.9. The first kappa shape index (κ1) is 13.0. The minimum atomic E-state index is -0.128. The molecule has 0 unspecified atom stereocenters. The van der Waals surface area contributed by atoms with Crippen molar-refractivity contribution in [3.05, 3.63) is 11.7 Å². The average Bonchev–Trinajstić information content (AvgIpc) is 3.08. The molecule has 0 saturated heterocycles. The van der Waals surface area contributed by atoms with Gasteiger partial charge in [-0.2, -0.15) is 4.98 Å². The van der Waals surface area contributed by atoms with Crippen molar-refractivity contribution >= 4 is 5.91 Å². The van der Waals surface area contributed by atoms with Gasteiger partial charge in [-0.1, -0.05) is 5.16 Å². The SMILES string of the molecule is C[C@H](C(=O)NCCc1noc(C2CC2)n1)N(C)C. The fourth-order valence-corrected chi connectivity index (χ4v) is 1.54. The van der Waals surface area contributed by atoms with Crippen LogP contribution >= 0.6 is 0 Å². The van der Waals surface area contributed by atoms with Crippen molar-refractivity contribution in [2.75, 3.05) is 20.6 Å². The van der Waals surface area contributed by atoms with Crippen LogP contribution < -0.4 is 5.32 Å². The molecule has 1 fully saturated rings. The maximum absolute atomic E-state index is 11.7. The summed E-state index contributed by atoms with van der Waals surface area (Å²) in [6.07, 6.45) is 2.92. The van der Waals surface area contributed by atoms with Crippen molar-refractivity contribution in [2.24, 2.45) is 0 Å². The molecule has 1 atom stereocenters. The number of rotatable bonds is 6. The van der Waals surface area contributed by atoms with Crippen molar-refractivity contribution < 1.29 is 9.32 Å². The molecule has 1 N–H and O–H groups in total. The summed E-state index contributed by atoms with van der Waals surface area (Å²) in [5, 5.41) is 6.77. The second-order valence-corrected chi connectivity index (χ2v) is 5.00. The van der Waals surface area contributed by atoms with E-state index >= 15 is 0 Å². The highest BCUT2D eigenvalue weighted by atomic mass is 16.5. The molecular weight excluding hydrogens is 232 g/mol. The molecular formula is C12H20N4O2. The first-order chi connectivity index (χ1) is 8.58. The first-order valence-electron chi connectivity index (χ1n) is 6.34. The van der Waals surface area contributed by atoms with Gasteiger partial charge in [0.15, 0.2) is 5.82 Å². The van der Waals surface area contributed by atoms with Gasteiger partial charge in [0.2, 0.25) is 11.8 Å². The van der Waals surface area contributed by atoms with Gasteiger partial charge in [-0.05, 0) is 33.9 Å². The predicted molar refractivity (Wildman–Crippen MR) is 66.1 cm³/mol. The topological polar surface area (TPSA) is 71.3 Å². The van der Waals surface area contributed by atoms with Gasteiger partial charge in [0.25, 0.3) is 0 Å². The average molecular weight is 252 g/mol. The molecule has 1 aliphatic rings. The number of hydrogen-bond acceptors (Lipinski definition) is 5. The Morgan fingerprint density at radius 3 is 2.89 bits per heavy atom. The zero-order valence-electron chi connectivity index (χ0n) is 11.1. The van der Waals surface area contributed by atoms with E-state index in [1.807, 2.05) is 25.9 Å². The monoisotopic (exact) mass is 252 g/mol. The molecule has 1 saturated carbocycles. The lowest BCUT2D eigenvalue weighted by molar-refractivity contribution is -0.124. The van der Waals surface area contributed by atoms with Crippen LogP contribution in [0.1, 0.15) is 37.4 Å². The van der Waals surface area contributed by atoms with E-state index in [2.05, 4.69) is 15.5 Å². The zero-order chi connectivity index (χ0) is 13.1. The number of nitrogens with one attached hydrogen (secondary N) is 1. The number of carbonyl (C=O) groups excluding carboxylic acids is 1. The van der Waals surface area contributed by atoms with Gasteiger partial charge in [0.1, 0.15) is 0 Å². The molecule has 1 aliphatic carbocycles. The molecule has 6 heteroatoms. The van der Waals surface area contributed by atoms with Crippen molar-refractivity contribution in [3.63, 3.8) is 0 Å². The highest BCUT2D eigenvalue weighted by Crippen LogP contribution is 2.38. The second kappa shape index (κ2) is 5.48. The Morgan fingerprint density at radius 2 is 2.28 bits per heavy atom. The molecule has 0 aliphatic heterocycles. The van der Waals surface area contributed by atoms with Crippen molar-refractivity contribution in [1.29, 1.82) is 0 Å².